The standard InChI is InChI=1S/C16H13BrCl2FNO2/c17-13-4-3-11(20)9-12(13)16(22)21-6-1-7-23-15-5-2-10(18)8-14(15)19/h2-5,8-9H,1,6-7H2,(H,21,22). The highest BCUT2D eigenvalue weighted by molar-refractivity contribution is 9.10. The van der Waals surface area contributed by atoms with Gasteiger partial charge in [0.15, 0.2) is 0 Å². The van der Waals surface area contributed by atoms with Gasteiger partial charge < -0.3 is 10.1 Å². The number of nitrogens with one attached hydrogen (secondary N) is 1. The molecule has 122 valence electrons. The summed E-state index contributed by atoms with van der Waals surface area (Å²) < 4.78 is 19.2. The van der Waals surface area contributed by atoms with Crippen LogP contribution in [0.5, 0.6) is 5.75 Å². The van der Waals surface area contributed by atoms with Crippen molar-refractivity contribution in [1.82, 2.24) is 5.32 Å². The number of hydrogen-bond acceptors (Lipinski definition) is 2. The first-order chi connectivity index (χ1) is 11.0. The van der Waals surface area contributed by atoms with Crippen LogP contribution in [0, 0.1) is 5.82 Å². The second-order valence-electron chi connectivity index (χ2n) is 4.66. The molecule has 1 amide bonds. The van der Waals surface area contributed by atoms with E-state index in [-0.39, 0.29) is 11.5 Å². The van der Waals surface area contributed by atoms with Gasteiger partial charge in [-0.1, -0.05) is 23.2 Å². The maximum absolute atomic E-state index is 13.2. The van der Waals surface area contributed by atoms with Crippen LogP contribution in [0.3, 0.4) is 0 Å². The number of ether oxygens (including phenoxy) is 1. The summed E-state index contributed by atoms with van der Waals surface area (Å²) in [7, 11) is 0. The quantitative estimate of drug-likeness (QED) is 0.660. The molecule has 1 N–H and O–H groups in total. The number of rotatable bonds is 6. The van der Waals surface area contributed by atoms with Crippen molar-refractivity contribution < 1.29 is 13.9 Å². The van der Waals surface area contributed by atoms with Crippen molar-refractivity contribution in [2.75, 3.05) is 13.2 Å². The average molecular weight is 421 g/mol. The van der Waals surface area contributed by atoms with Crippen LogP contribution in [0.1, 0.15) is 16.8 Å². The lowest BCUT2D eigenvalue weighted by Crippen LogP contribution is -2.26. The zero-order valence-electron chi connectivity index (χ0n) is 11.9. The monoisotopic (exact) mass is 419 g/mol. The fourth-order valence-electron chi connectivity index (χ4n) is 1.82. The molecule has 0 radical (unpaired) electrons. The van der Waals surface area contributed by atoms with Crippen LogP contribution >= 0.6 is 39.1 Å². The van der Waals surface area contributed by atoms with Crippen molar-refractivity contribution in [2.24, 2.45) is 0 Å². The highest BCUT2D eigenvalue weighted by Gasteiger charge is 2.10. The van der Waals surface area contributed by atoms with Gasteiger partial charge in [0.1, 0.15) is 11.6 Å². The lowest BCUT2D eigenvalue weighted by atomic mass is 10.2. The minimum Gasteiger partial charge on any atom is -0.492 e. The van der Waals surface area contributed by atoms with Crippen LogP contribution in [-0.2, 0) is 0 Å². The summed E-state index contributed by atoms with van der Waals surface area (Å²) in [6.45, 7) is 0.777. The zero-order valence-corrected chi connectivity index (χ0v) is 15.0. The molecule has 0 fully saturated rings. The Morgan fingerprint density at radius 3 is 2.74 bits per heavy atom. The molecular formula is C16H13BrCl2FNO2. The second-order valence-corrected chi connectivity index (χ2v) is 6.35. The van der Waals surface area contributed by atoms with E-state index in [4.69, 9.17) is 27.9 Å². The van der Waals surface area contributed by atoms with E-state index in [1.807, 2.05) is 0 Å². The molecular weight excluding hydrogens is 408 g/mol. The van der Waals surface area contributed by atoms with Crippen LogP contribution < -0.4 is 10.1 Å². The Morgan fingerprint density at radius 2 is 2.00 bits per heavy atom. The molecule has 0 saturated heterocycles. The normalized spacial score (nSPS) is 10.4. The second kappa shape index (κ2) is 8.52. The van der Waals surface area contributed by atoms with Gasteiger partial charge in [-0.3, -0.25) is 4.79 Å². The first kappa shape index (κ1) is 18.0. The molecule has 7 heteroatoms. The van der Waals surface area contributed by atoms with E-state index in [9.17, 15) is 9.18 Å². The fourth-order valence-corrected chi connectivity index (χ4v) is 2.70. The smallest absolute Gasteiger partial charge is 0.252 e. The molecule has 23 heavy (non-hydrogen) atoms. The first-order valence-corrected chi connectivity index (χ1v) is 8.33. The molecule has 2 aromatic carbocycles. The molecule has 0 spiro atoms. The molecule has 2 aromatic rings. The van der Waals surface area contributed by atoms with Gasteiger partial charge in [-0.2, -0.15) is 0 Å². The summed E-state index contributed by atoms with van der Waals surface area (Å²) >= 11 is 15.0. The van der Waals surface area contributed by atoms with Crippen LogP contribution in [0.15, 0.2) is 40.9 Å². The molecule has 0 aliphatic carbocycles. The van der Waals surface area contributed by atoms with Crippen molar-refractivity contribution in [1.29, 1.82) is 0 Å². The van der Waals surface area contributed by atoms with Crippen molar-refractivity contribution in [3.8, 4) is 5.75 Å². The molecule has 0 saturated carbocycles. The third kappa shape index (κ3) is 5.37. The minimum atomic E-state index is -0.459. The van der Waals surface area contributed by atoms with E-state index in [1.165, 1.54) is 18.2 Å². The van der Waals surface area contributed by atoms with Gasteiger partial charge in [0.2, 0.25) is 0 Å². The largest absolute Gasteiger partial charge is 0.492 e. The molecule has 0 aromatic heterocycles. The van der Waals surface area contributed by atoms with Crippen molar-refractivity contribution >= 4 is 45.0 Å². The van der Waals surface area contributed by atoms with Crippen molar-refractivity contribution in [3.05, 3.63) is 62.3 Å². The van der Waals surface area contributed by atoms with Crippen molar-refractivity contribution in [2.45, 2.75) is 6.42 Å². The third-order valence-electron chi connectivity index (χ3n) is 2.93. The first-order valence-electron chi connectivity index (χ1n) is 6.78. The fraction of sp³-hybridized carbons (Fsp3) is 0.188. The van der Waals surface area contributed by atoms with Gasteiger partial charge in [0.25, 0.3) is 5.91 Å². The molecule has 0 aliphatic heterocycles. The molecule has 0 heterocycles. The summed E-state index contributed by atoms with van der Waals surface area (Å²) in [5, 5.41) is 3.68. The summed E-state index contributed by atoms with van der Waals surface area (Å²) in [6.07, 6.45) is 0.581. The van der Waals surface area contributed by atoms with Crippen LogP contribution in [0.25, 0.3) is 0 Å². The van der Waals surface area contributed by atoms with E-state index < -0.39 is 5.82 Å². The molecule has 0 aliphatic rings. The Morgan fingerprint density at radius 1 is 1.22 bits per heavy atom. The van der Waals surface area contributed by atoms with E-state index in [0.717, 1.165) is 0 Å². The van der Waals surface area contributed by atoms with E-state index in [2.05, 4.69) is 21.2 Å². The molecule has 0 unspecified atom stereocenters. The van der Waals surface area contributed by atoms with E-state index in [1.54, 1.807) is 18.2 Å². The average Bonchev–Trinajstić information content (AvgIpc) is 2.51. The Balaban J connectivity index is 1.77. The summed E-state index contributed by atoms with van der Waals surface area (Å²) in [6, 6.07) is 8.94. The number of carbonyl (C=O) groups excluding carboxylic acids is 1. The van der Waals surface area contributed by atoms with Crippen LogP contribution in [0.2, 0.25) is 10.0 Å². The van der Waals surface area contributed by atoms with Crippen LogP contribution in [0.4, 0.5) is 4.39 Å². The maximum atomic E-state index is 13.2. The number of halogens is 4. The summed E-state index contributed by atoms with van der Waals surface area (Å²) in [5.41, 5.74) is 0.256. The van der Waals surface area contributed by atoms with Crippen LogP contribution in [-0.4, -0.2) is 19.1 Å². The van der Waals surface area contributed by atoms with Gasteiger partial charge in [0.05, 0.1) is 17.2 Å². The lowest BCUT2D eigenvalue weighted by Gasteiger charge is -2.09. The van der Waals surface area contributed by atoms with Gasteiger partial charge in [0, 0.05) is 16.0 Å². The summed E-state index contributed by atoms with van der Waals surface area (Å²) in [4.78, 5) is 12.0. The molecule has 0 atom stereocenters. The SMILES string of the molecule is O=C(NCCCOc1ccc(Cl)cc1Cl)c1cc(F)ccc1Br. The molecule has 2 rings (SSSR count). The Bertz CT molecular complexity index is 712. The van der Waals surface area contributed by atoms with Gasteiger partial charge >= 0.3 is 0 Å². The minimum absolute atomic E-state index is 0.256. The number of benzene rings is 2. The number of amides is 1. The third-order valence-corrected chi connectivity index (χ3v) is 4.15. The maximum Gasteiger partial charge on any atom is 0.252 e. The van der Waals surface area contributed by atoms with Crippen molar-refractivity contribution in [3.63, 3.8) is 0 Å². The summed E-state index contributed by atoms with van der Waals surface area (Å²) in [5.74, 6) is -0.268. The predicted octanol–water partition coefficient (Wildman–Crippen LogP) is 5.09. The topological polar surface area (TPSA) is 38.3 Å². The number of hydrogen-bond donors (Lipinski definition) is 1. The number of carbonyl (C=O) groups is 1. The Labute approximate surface area is 151 Å². The zero-order chi connectivity index (χ0) is 16.8. The lowest BCUT2D eigenvalue weighted by molar-refractivity contribution is 0.0950. The molecule has 0 bridgehead atoms. The van der Waals surface area contributed by atoms with Gasteiger partial charge in [-0.25, -0.2) is 4.39 Å². The molecule has 3 nitrogen and oxygen atoms in total. The predicted molar refractivity (Wildman–Crippen MR) is 93.0 cm³/mol. The highest BCUT2D eigenvalue weighted by atomic mass is 79.9. The van der Waals surface area contributed by atoms with E-state index in [0.29, 0.717) is 39.8 Å². The van der Waals surface area contributed by atoms with Gasteiger partial charge in [-0.15, -0.1) is 0 Å². The van der Waals surface area contributed by atoms with E-state index >= 15 is 0 Å². The van der Waals surface area contributed by atoms with Gasteiger partial charge in [-0.05, 0) is 58.7 Å². The Hall–Kier alpha value is -1.30. The Kier molecular flexibility index (Phi) is 6.69. The highest BCUT2D eigenvalue weighted by Crippen LogP contribution is 2.27.